The van der Waals surface area contributed by atoms with Crippen molar-refractivity contribution >= 4 is 28.3 Å². The molecule has 1 fully saturated rings. The quantitative estimate of drug-likeness (QED) is 0.453. The summed E-state index contributed by atoms with van der Waals surface area (Å²) >= 11 is 1.32. The lowest BCUT2D eigenvalue weighted by atomic mass is 9.95. The molecule has 1 N–H and O–H groups in total. The summed E-state index contributed by atoms with van der Waals surface area (Å²) in [5, 5.41) is 5.09. The molecule has 35 heavy (non-hydrogen) atoms. The van der Waals surface area contributed by atoms with Crippen molar-refractivity contribution in [2.24, 2.45) is 0 Å². The van der Waals surface area contributed by atoms with Crippen LogP contribution in [0.1, 0.15) is 53.1 Å². The van der Waals surface area contributed by atoms with Gasteiger partial charge in [-0.3, -0.25) is 14.9 Å². The monoisotopic (exact) mass is 497 g/mol. The predicted molar refractivity (Wildman–Crippen MR) is 134 cm³/mol. The van der Waals surface area contributed by atoms with E-state index >= 15 is 0 Å². The summed E-state index contributed by atoms with van der Waals surface area (Å²) in [6, 6.07) is 7.80. The first-order chi connectivity index (χ1) is 17.0. The highest BCUT2D eigenvalue weighted by Crippen LogP contribution is 2.29. The van der Waals surface area contributed by atoms with Gasteiger partial charge in [0.05, 0.1) is 38.2 Å². The molecular weight excluding hydrogens is 466 g/mol. The number of aromatic nitrogens is 1. The number of piperidine rings is 1. The maximum atomic E-state index is 13.2. The molecule has 1 atom stereocenters. The van der Waals surface area contributed by atoms with Crippen LogP contribution in [0.4, 0.5) is 5.13 Å². The molecule has 2 amide bonds. The summed E-state index contributed by atoms with van der Waals surface area (Å²) in [5.74, 6) is 1.80. The standard InChI is InChI=1S/C26H31N3O5S/c1-17-21(11-13-34-17)25(31)28-26-27-19(16-35-26)15-24(30)29-12-5-4-6-20(29)9-7-18-8-10-22(32-2)23(14-18)33-3/h8,10-11,13-14,16,20H,4-7,9,12,15H2,1-3H3,(H,27,28,31). The van der Waals surface area contributed by atoms with Gasteiger partial charge in [0, 0.05) is 18.0 Å². The Labute approximate surface area is 209 Å². The molecule has 0 aliphatic carbocycles. The van der Waals surface area contributed by atoms with Crippen molar-refractivity contribution in [3.05, 3.63) is 58.5 Å². The van der Waals surface area contributed by atoms with Gasteiger partial charge in [-0.2, -0.15) is 0 Å². The number of nitrogens with zero attached hydrogens (tertiary/aromatic N) is 2. The van der Waals surface area contributed by atoms with Gasteiger partial charge in [-0.1, -0.05) is 6.07 Å². The second kappa shape index (κ2) is 11.4. The molecule has 3 heterocycles. The summed E-state index contributed by atoms with van der Waals surface area (Å²) < 4.78 is 15.9. The molecule has 1 aliphatic rings. The minimum atomic E-state index is -0.269. The maximum Gasteiger partial charge on any atom is 0.260 e. The van der Waals surface area contributed by atoms with Crippen LogP contribution in [-0.4, -0.2) is 48.5 Å². The second-order valence-electron chi connectivity index (χ2n) is 8.63. The summed E-state index contributed by atoms with van der Waals surface area (Å²) in [7, 11) is 3.26. The molecule has 1 aromatic carbocycles. The van der Waals surface area contributed by atoms with Crippen molar-refractivity contribution in [1.82, 2.24) is 9.88 Å². The normalized spacial score (nSPS) is 15.6. The molecule has 8 nitrogen and oxygen atoms in total. The molecular formula is C26H31N3O5S. The van der Waals surface area contributed by atoms with Crippen LogP contribution in [0.2, 0.25) is 0 Å². The molecule has 1 unspecified atom stereocenters. The smallest absolute Gasteiger partial charge is 0.260 e. The lowest BCUT2D eigenvalue weighted by Crippen LogP contribution is -2.44. The van der Waals surface area contributed by atoms with E-state index in [9.17, 15) is 9.59 Å². The van der Waals surface area contributed by atoms with Crippen molar-refractivity contribution in [2.45, 2.75) is 51.5 Å². The van der Waals surface area contributed by atoms with Gasteiger partial charge in [0.1, 0.15) is 5.76 Å². The molecule has 1 saturated heterocycles. The number of furan rings is 1. The van der Waals surface area contributed by atoms with E-state index in [-0.39, 0.29) is 24.3 Å². The minimum Gasteiger partial charge on any atom is -0.493 e. The summed E-state index contributed by atoms with van der Waals surface area (Å²) in [5.41, 5.74) is 2.31. The number of rotatable bonds is 9. The van der Waals surface area contributed by atoms with Crippen LogP contribution in [0.15, 0.2) is 40.3 Å². The zero-order valence-electron chi connectivity index (χ0n) is 20.3. The summed E-state index contributed by atoms with van der Waals surface area (Å²) in [6.07, 6.45) is 6.60. The van der Waals surface area contributed by atoms with Crippen LogP contribution in [0.25, 0.3) is 0 Å². The van der Waals surface area contributed by atoms with Crippen LogP contribution >= 0.6 is 11.3 Å². The Hall–Kier alpha value is -3.33. The number of hydrogen-bond acceptors (Lipinski definition) is 7. The van der Waals surface area contributed by atoms with E-state index in [1.807, 2.05) is 28.5 Å². The largest absolute Gasteiger partial charge is 0.493 e. The van der Waals surface area contributed by atoms with E-state index in [0.717, 1.165) is 50.0 Å². The Morgan fingerprint density at radius 3 is 2.77 bits per heavy atom. The molecule has 1 aliphatic heterocycles. The first-order valence-corrected chi connectivity index (χ1v) is 12.7. The van der Waals surface area contributed by atoms with Gasteiger partial charge in [-0.25, -0.2) is 4.98 Å². The Kier molecular flexibility index (Phi) is 8.07. The average molecular weight is 498 g/mol. The number of likely N-dealkylation sites (tertiary alicyclic amines) is 1. The fourth-order valence-corrected chi connectivity index (χ4v) is 5.19. The maximum absolute atomic E-state index is 13.2. The Morgan fingerprint density at radius 1 is 1.20 bits per heavy atom. The third-order valence-corrected chi connectivity index (χ3v) is 7.18. The van der Waals surface area contributed by atoms with Gasteiger partial charge >= 0.3 is 0 Å². The zero-order valence-corrected chi connectivity index (χ0v) is 21.2. The lowest BCUT2D eigenvalue weighted by molar-refractivity contribution is -0.134. The Bertz CT molecular complexity index is 1170. The third-order valence-electron chi connectivity index (χ3n) is 6.37. The number of carbonyl (C=O) groups is 2. The highest BCUT2D eigenvalue weighted by atomic mass is 32.1. The van der Waals surface area contributed by atoms with Gasteiger partial charge in [0.25, 0.3) is 5.91 Å². The average Bonchev–Trinajstić information content (AvgIpc) is 3.50. The van der Waals surface area contributed by atoms with E-state index in [0.29, 0.717) is 27.9 Å². The van der Waals surface area contributed by atoms with Gasteiger partial charge in [-0.05, 0) is 62.8 Å². The molecule has 0 spiro atoms. The number of methoxy groups -OCH3 is 2. The predicted octanol–water partition coefficient (Wildman–Crippen LogP) is 4.87. The topological polar surface area (TPSA) is 93.9 Å². The van der Waals surface area contributed by atoms with Gasteiger partial charge in [0.15, 0.2) is 16.6 Å². The summed E-state index contributed by atoms with van der Waals surface area (Å²) in [4.78, 5) is 32.1. The number of benzene rings is 1. The van der Waals surface area contributed by atoms with E-state index in [1.54, 1.807) is 27.2 Å². The number of anilines is 1. The van der Waals surface area contributed by atoms with Crippen LogP contribution in [-0.2, 0) is 17.6 Å². The van der Waals surface area contributed by atoms with E-state index in [1.165, 1.54) is 17.6 Å². The van der Waals surface area contributed by atoms with Crippen molar-refractivity contribution in [3.63, 3.8) is 0 Å². The highest BCUT2D eigenvalue weighted by molar-refractivity contribution is 7.14. The number of amides is 2. The van der Waals surface area contributed by atoms with E-state index in [2.05, 4.69) is 10.3 Å². The Morgan fingerprint density at radius 2 is 2.03 bits per heavy atom. The molecule has 3 aromatic rings. The molecule has 0 bridgehead atoms. The molecule has 4 rings (SSSR count). The minimum absolute atomic E-state index is 0.0795. The van der Waals surface area contributed by atoms with E-state index < -0.39 is 0 Å². The lowest BCUT2D eigenvalue weighted by Gasteiger charge is -2.36. The molecule has 2 aromatic heterocycles. The van der Waals surface area contributed by atoms with Gasteiger partial charge in [0.2, 0.25) is 5.91 Å². The first kappa shape index (κ1) is 24.8. The first-order valence-electron chi connectivity index (χ1n) is 11.8. The number of ether oxygens (including phenoxy) is 2. The fourth-order valence-electron chi connectivity index (χ4n) is 4.49. The zero-order chi connectivity index (χ0) is 24.8. The van der Waals surface area contributed by atoms with Crippen molar-refractivity contribution < 1.29 is 23.5 Å². The number of hydrogen-bond donors (Lipinski definition) is 1. The highest BCUT2D eigenvalue weighted by Gasteiger charge is 2.27. The third kappa shape index (κ3) is 6.03. The number of aryl methyl sites for hydroxylation is 2. The molecule has 9 heteroatoms. The van der Waals surface area contributed by atoms with Crippen molar-refractivity contribution in [2.75, 3.05) is 26.1 Å². The van der Waals surface area contributed by atoms with Crippen molar-refractivity contribution in [1.29, 1.82) is 0 Å². The van der Waals surface area contributed by atoms with Crippen LogP contribution in [0.3, 0.4) is 0 Å². The Balaban J connectivity index is 1.35. The fraction of sp³-hybridized carbons (Fsp3) is 0.423. The van der Waals surface area contributed by atoms with Gasteiger partial charge in [-0.15, -0.1) is 11.3 Å². The molecule has 0 saturated carbocycles. The number of thiazole rings is 1. The number of nitrogens with one attached hydrogen (secondary N) is 1. The molecule has 186 valence electrons. The van der Waals surface area contributed by atoms with Crippen LogP contribution in [0, 0.1) is 6.92 Å². The van der Waals surface area contributed by atoms with Gasteiger partial charge < -0.3 is 18.8 Å². The number of carbonyl (C=O) groups excluding carboxylic acids is 2. The SMILES string of the molecule is COc1ccc(CCC2CCCCN2C(=O)Cc2csc(NC(=O)c3ccoc3C)n2)cc1OC. The second-order valence-corrected chi connectivity index (χ2v) is 9.49. The summed E-state index contributed by atoms with van der Waals surface area (Å²) in [6.45, 7) is 2.50. The van der Waals surface area contributed by atoms with E-state index in [4.69, 9.17) is 13.9 Å². The van der Waals surface area contributed by atoms with Crippen molar-refractivity contribution in [3.8, 4) is 11.5 Å². The van der Waals surface area contributed by atoms with Crippen LogP contribution in [0.5, 0.6) is 11.5 Å². The van der Waals surface area contributed by atoms with Crippen LogP contribution < -0.4 is 14.8 Å². The molecule has 0 radical (unpaired) electrons.